The molecule has 0 atom stereocenters. The van der Waals surface area contributed by atoms with Crippen LogP contribution in [0.15, 0.2) is 48.5 Å². The average Bonchev–Trinajstić information content (AvgIpc) is 2.83. The molecule has 0 unspecified atom stereocenters. The maximum atomic E-state index is 11.4. The van der Waals surface area contributed by atoms with Gasteiger partial charge in [-0.3, -0.25) is 60.7 Å². The van der Waals surface area contributed by atoms with Crippen LogP contribution in [0.2, 0.25) is 0 Å². The molecule has 40 heavy (non-hydrogen) atoms. The minimum Gasteiger partial charge on any atom is -0.444 e. The number of nitro benzene ring substituents is 6. The third-order valence-corrected chi connectivity index (χ3v) is 4.52. The summed E-state index contributed by atoms with van der Waals surface area (Å²) in [5, 5.41) is 67.7. The predicted molar refractivity (Wildman–Crippen MR) is 129 cm³/mol. The van der Waals surface area contributed by atoms with Gasteiger partial charge < -0.3 is 21.8 Å². The van der Waals surface area contributed by atoms with E-state index in [2.05, 4.69) is 0 Å². The van der Waals surface area contributed by atoms with E-state index in [0.717, 1.165) is 24.3 Å². The van der Waals surface area contributed by atoms with Crippen LogP contribution in [0.5, 0.6) is 23.0 Å². The van der Waals surface area contributed by atoms with Gasteiger partial charge in [0, 0.05) is 6.07 Å². The van der Waals surface area contributed by atoms with E-state index in [0.29, 0.717) is 24.3 Å². The van der Waals surface area contributed by atoms with Gasteiger partial charge in [-0.1, -0.05) is 6.07 Å². The second-order valence-electron chi connectivity index (χ2n) is 6.85. The van der Waals surface area contributed by atoms with E-state index in [1.165, 1.54) is 0 Å². The summed E-state index contributed by atoms with van der Waals surface area (Å²) >= 11 is 0. The Hall–Kier alpha value is -6.42. The Labute approximate surface area is 218 Å². The quantitative estimate of drug-likeness (QED) is 0.239. The van der Waals surface area contributed by atoms with Crippen LogP contribution in [0.4, 0.5) is 34.1 Å². The lowest BCUT2D eigenvalue weighted by molar-refractivity contribution is -0.404. The van der Waals surface area contributed by atoms with Gasteiger partial charge in [-0.25, -0.2) is 0 Å². The van der Waals surface area contributed by atoms with Gasteiger partial charge in [-0.2, -0.15) is 0 Å². The third-order valence-electron chi connectivity index (χ3n) is 4.52. The molecule has 0 spiro atoms. The molecule has 22 nitrogen and oxygen atoms in total. The van der Waals surface area contributed by atoms with Crippen molar-refractivity contribution in [2.75, 3.05) is 0 Å². The highest BCUT2D eigenvalue weighted by molar-refractivity contribution is 5.68. The summed E-state index contributed by atoms with van der Waals surface area (Å²) in [5.41, 5.74) is -6.49. The fourth-order valence-electron chi connectivity index (χ4n) is 2.97. The molecule has 0 aliphatic carbocycles. The molecule has 210 valence electrons. The van der Waals surface area contributed by atoms with E-state index in [9.17, 15) is 60.7 Å². The van der Waals surface area contributed by atoms with Crippen molar-refractivity contribution in [3.8, 4) is 23.0 Å². The third kappa shape index (κ3) is 6.47. The Bertz CT molecular complexity index is 1380. The number of rotatable bonds is 10. The molecular formula is C18H14N8O14. The number of nitro groups is 6. The molecule has 0 radical (unpaired) electrons. The van der Waals surface area contributed by atoms with Crippen molar-refractivity contribution in [3.05, 3.63) is 109 Å². The molecular weight excluding hydrogens is 552 g/mol. The predicted octanol–water partition coefficient (Wildman–Crippen LogP) is 5.04. The summed E-state index contributed by atoms with van der Waals surface area (Å²) < 4.78 is 10.5. The maximum Gasteiger partial charge on any atom is 0.325 e. The second-order valence-corrected chi connectivity index (χ2v) is 6.85. The lowest BCUT2D eigenvalue weighted by Crippen LogP contribution is -2.02. The molecule has 0 saturated heterocycles. The van der Waals surface area contributed by atoms with Crippen molar-refractivity contribution in [1.82, 2.24) is 12.3 Å². The highest BCUT2D eigenvalue weighted by Gasteiger charge is 2.34. The normalized spacial score (nSPS) is 9.80. The highest BCUT2D eigenvalue weighted by Crippen LogP contribution is 2.45. The molecule has 0 heterocycles. The zero-order valence-corrected chi connectivity index (χ0v) is 19.4. The first-order chi connectivity index (χ1) is 17.8. The van der Waals surface area contributed by atoms with E-state index >= 15 is 0 Å². The van der Waals surface area contributed by atoms with Crippen molar-refractivity contribution in [2.45, 2.75) is 0 Å². The summed E-state index contributed by atoms with van der Waals surface area (Å²) in [4.78, 5) is 60.9. The standard InChI is InChI=1S/C18H8N6O14.2H3N/c25-19(26)9-4-13(21(29)30)17(14(5-9)22(31)32)37-11-2-1-3-12(8-11)38-18-15(23(33)34)6-10(20(27)28)7-16(18)24(35)36;;/h1-8H;2*1H3. The number of nitrogens with zero attached hydrogens (tertiary/aromatic N) is 6. The second kappa shape index (κ2) is 12.2. The molecule has 0 aliphatic heterocycles. The lowest BCUT2D eigenvalue weighted by Gasteiger charge is -2.10. The van der Waals surface area contributed by atoms with Crippen LogP contribution >= 0.6 is 0 Å². The fraction of sp³-hybridized carbons (Fsp3) is 0. The van der Waals surface area contributed by atoms with Crippen LogP contribution in [0.1, 0.15) is 0 Å². The van der Waals surface area contributed by atoms with Crippen LogP contribution in [0, 0.1) is 60.7 Å². The van der Waals surface area contributed by atoms with Crippen LogP contribution in [-0.4, -0.2) is 29.5 Å². The average molecular weight is 566 g/mol. The van der Waals surface area contributed by atoms with Gasteiger partial charge in [0.05, 0.1) is 53.8 Å². The number of benzene rings is 3. The summed E-state index contributed by atoms with van der Waals surface area (Å²) in [5.74, 6) is -2.85. The van der Waals surface area contributed by atoms with E-state index in [-0.39, 0.29) is 12.3 Å². The van der Waals surface area contributed by atoms with Crippen molar-refractivity contribution in [1.29, 1.82) is 0 Å². The van der Waals surface area contributed by atoms with Crippen LogP contribution in [0.3, 0.4) is 0 Å². The SMILES string of the molecule is N.N.O=[N+]([O-])c1cc([N+](=O)[O-])c(Oc2cccc(Oc3c([N+](=O)[O-])cc([N+](=O)[O-])cc3[N+](=O)[O-])c2)c([N+](=O)[O-])c1. The minimum absolute atomic E-state index is 0. The molecule has 0 bridgehead atoms. The van der Waals surface area contributed by atoms with E-state index in [1.54, 1.807) is 0 Å². The lowest BCUT2D eigenvalue weighted by atomic mass is 10.2. The molecule has 0 fully saturated rings. The molecule has 3 aromatic carbocycles. The largest absolute Gasteiger partial charge is 0.444 e. The number of ether oxygens (including phenoxy) is 2. The summed E-state index contributed by atoms with van der Waals surface area (Å²) in [6.45, 7) is 0. The van der Waals surface area contributed by atoms with Crippen LogP contribution < -0.4 is 21.8 Å². The monoisotopic (exact) mass is 566 g/mol. The maximum absolute atomic E-state index is 11.4. The minimum atomic E-state index is -1.17. The Morgan fingerprint density at radius 2 is 0.725 bits per heavy atom. The molecule has 0 aliphatic rings. The molecule has 0 saturated carbocycles. The molecule has 3 rings (SSSR count). The van der Waals surface area contributed by atoms with Gasteiger partial charge in [-0.15, -0.1) is 0 Å². The van der Waals surface area contributed by atoms with Crippen molar-refractivity contribution < 1.29 is 39.0 Å². The smallest absolute Gasteiger partial charge is 0.325 e. The van der Waals surface area contributed by atoms with Gasteiger partial charge in [-0.05, 0) is 12.1 Å². The van der Waals surface area contributed by atoms with Gasteiger partial charge in [0.2, 0.25) is 0 Å². The topological polar surface area (TPSA) is 347 Å². The first-order valence-corrected chi connectivity index (χ1v) is 9.48. The summed E-state index contributed by atoms with van der Waals surface area (Å²) in [6.07, 6.45) is 0. The molecule has 3 aromatic rings. The molecule has 0 amide bonds. The van der Waals surface area contributed by atoms with E-state index in [4.69, 9.17) is 9.47 Å². The Balaban J connectivity index is 0.00000400. The number of hydrogen-bond acceptors (Lipinski definition) is 16. The van der Waals surface area contributed by atoms with Crippen LogP contribution in [-0.2, 0) is 0 Å². The van der Waals surface area contributed by atoms with Gasteiger partial charge >= 0.3 is 22.7 Å². The number of hydrogen-bond donors (Lipinski definition) is 2. The zero-order chi connectivity index (χ0) is 28.3. The van der Waals surface area contributed by atoms with Crippen molar-refractivity contribution >= 4 is 34.1 Å². The summed E-state index contributed by atoms with van der Waals surface area (Å²) in [7, 11) is 0. The van der Waals surface area contributed by atoms with Crippen molar-refractivity contribution in [3.63, 3.8) is 0 Å². The van der Waals surface area contributed by atoms with Gasteiger partial charge in [0.15, 0.2) is 0 Å². The Kier molecular flexibility index (Phi) is 9.65. The molecule has 22 heteroatoms. The molecule has 0 aromatic heterocycles. The van der Waals surface area contributed by atoms with Crippen LogP contribution in [0.25, 0.3) is 0 Å². The van der Waals surface area contributed by atoms with E-state index < -0.39 is 86.7 Å². The molecule has 6 N–H and O–H groups in total. The Morgan fingerprint density at radius 1 is 0.450 bits per heavy atom. The van der Waals surface area contributed by atoms with Gasteiger partial charge in [0.25, 0.3) is 22.9 Å². The van der Waals surface area contributed by atoms with Crippen molar-refractivity contribution in [2.24, 2.45) is 0 Å². The number of non-ortho nitro benzene ring substituents is 2. The first-order valence-electron chi connectivity index (χ1n) is 9.48. The van der Waals surface area contributed by atoms with E-state index in [1.807, 2.05) is 0 Å². The Morgan fingerprint density at radius 3 is 0.950 bits per heavy atom. The van der Waals surface area contributed by atoms with Gasteiger partial charge in [0.1, 0.15) is 11.5 Å². The fourth-order valence-corrected chi connectivity index (χ4v) is 2.97. The highest BCUT2D eigenvalue weighted by atomic mass is 16.7. The zero-order valence-electron chi connectivity index (χ0n) is 19.4. The first kappa shape index (κ1) is 31.6. The summed E-state index contributed by atoms with van der Waals surface area (Å²) in [6, 6.07) is 5.90.